The highest BCUT2D eigenvalue weighted by Crippen LogP contribution is 2.12. The van der Waals surface area contributed by atoms with Gasteiger partial charge in [-0.2, -0.15) is 0 Å². The first-order valence-corrected chi connectivity index (χ1v) is 9.61. The van der Waals surface area contributed by atoms with E-state index in [1.165, 1.54) is 10.5 Å². The molecule has 0 radical (unpaired) electrons. The summed E-state index contributed by atoms with van der Waals surface area (Å²) < 4.78 is 0. The molecule has 148 valence electrons. The van der Waals surface area contributed by atoms with Crippen molar-refractivity contribution in [1.29, 1.82) is 0 Å². The van der Waals surface area contributed by atoms with Crippen LogP contribution in [0.5, 0.6) is 0 Å². The molecule has 0 aliphatic carbocycles. The number of piperazine rings is 1. The van der Waals surface area contributed by atoms with Gasteiger partial charge in [0.2, 0.25) is 5.91 Å². The fourth-order valence-corrected chi connectivity index (χ4v) is 3.31. The highest BCUT2D eigenvalue weighted by atomic mass is 16.2. The number of amides is 2. The molecule has 1 aliphatic rings. The molecule has 28 heavy (non-hydrogen) atoms. The SMILES string of the molecule is CN(C)C(=O)c1ccc(NC(=O)CN2CCN(Cc3ccccc3)CC2)cc1. The molecule has 0 unspecified atom stereocenters. The van der Waals surface area contributed by atoms with Gasteiger partial charge in [0, 0.05) is 58.1 Å². The smallest absolute Gasteiger partial charge is 0.253 e. The fraction of sp³-hybridized carbons (Fsp3) is 0.364. The molecule has 1 heterocycles. The number of carbonyl (C=O) groups is 2. The summed E-state index contributed by atoms with van der Waals surface area (Å²) in [5.74, 6) is -0.0746. The maximum absolute atomic E-state index is 12.3. The van der Waals surface area contributed by atoms with Crippen LogP contribution in [-0.2, 0) is 11.3 Å². The summed E-state index contributed by atoms with van der Waals surface area (Å²) in [6.07, 6.45) is 0. The minimum Gasteiger partial charge on any atom is -0.345 e. The van der Waals surface area contributed by atoms with Crippen molar-refractivity contribution in [3.8, 4) is 0 Å². The molecular formula is C22H28N4O2. The first-order valence-electron chi connectivity index (χ1n) is 9.61. The number of hydrogen-bond acceptors (Lipinski definition) is 4. The van der Waals surface area contributed by atoms with Crippen LogP contribution in [-0.4, -0.2) is 73.3 Å². The standard InChI is InChI=1S/C22H28N4O2/c1-24(2)22(28)19-8-10-20(11-9-19)23-21(27)17-26-14-12-25(13-15-26)16-18-6-4-3-5-7-18/h3-11H,12-17H2,1-2H3,(H,23,27). The molecule has 6 nitrogen and oxygen atoms in total. The Balaban J connectivity index is 1.42. The molecule has 6 heteroatoms. The largest absolute Gasteiger partial charge is 0.345 e. The van der Waals surface area contributed by atoms with Crippen LogP contribution in [0, 0.1) is 0 Å². The minimum atomic E-state index is -0.0498. The summed E-state index contributed by atoms with van der Waals surface area (Å²) in [5.41, 5.74) is 2.64. The Hall–Kier alpha value is -2.70. The van der Waals surface area contributed by atoms with Crippen molar-refractivity contribution in [3.63, 3.8) is 0 Å². The van der Waals surface area contributed by atoms with Crippen LogP contribution < -0.4 is 5.32 Å². The van der Waals surface area contributed by atoms with Gasteiger partial charge in [0.15, 0.2) is 0 Å². The van der Waals surface area contributed by atoms with E-state index in [2.05, 4.69) is 39.4 Å². The van der Waals surface area contributed by atoms with Crippen molar-refractivity contribution in [2.75, 3.05) is 52.1 Å². The maximum Gasteiger partial charge on any atom is 0.253 e. The van der Waals surface area contributed by atoms with Gasteiger partial charge in [0.25, 0.3) is 5.91 Å². The zero-order valence-electron chi connectivity index (χ0n) is 16.6. The predicted octanol–water partition coefficient (Wildman–Crippen LogP) is 2.14. The van der Waals surface area contributed by atoms with Gasteiger partial charge in [-0.15, -0.1) is 0 Å². The second-order valence-corrected chi connectivity index (χ2v) is 7.36. The molecule has 0 aromatic heterocycles. The Labute approximate surface area is 166 Å². The molecule has 3 rings (SSSR count). The van der Waals surface area contributed by atoms with Gasteiger partial charge in [-0.1, -0.05) is 30.3 Å². The zero-order chi connectivity index (χ0) is 19.9. The highest BCUT2D eigenvalue weighted by molar-refractivity contribution is 5.96. The van der Waals surface area contributed by atoms with E-state index in [1.807, 2.05) is 6.07 Å². The molecule has 2 aromatic rings. The second kappa shape index (κ2) is 9.48. The predicted molar refractivity (Wildman–Crippen MR) is 111 cm³/mol. The van der Waals surface area contributed by atoms with Crippen LogP contribution in [0.4, 0.5) is 5.69 Å². The van der Waals surface area contributed by atoms with E-state index in [4.69, 9.17) is 0 Å². The lowest BCUT2D eigenvalue weighted by Crippen LogP contribution is -2.48. The molecule has 0 saturated carbocycles. The van der Waals surface area contributed by atoms with E-state index in [-0.39, 0.29) is 11.8 Å². The van der Waals surface area contributed by atoms with Gasteiger partial charge in [0.1, 0.15) is 0 Å². The summed E-state index contributed by atoms with van der Waals surface area (Å²) in [7, 11) is 3.44. The van der Waals surface area contributed by atoms with Crippen molar-refractivity contribution < 1.29 is 9.59 Å². The van der Waals surface area contributed by atoms with Gasteiger partial charge in [0.05, 0.1) is 6.54 Å². The number of carbonyl (C=O) groups excluding carboxylic acids is 2. The first-order chi connectivity index (χ1) is 13.5. The lowest BCUT2D eigenvalue weighted by atomic mass is 10.2. The maximum atomic E-state index is 12.3. The minimum absolute atomic E-state index is 0.0248. The number of rotatable bonds is 6. The quantitative estimate of drug-likeness (QED) is 0.834. The summed E-state index contributed by atoms with van der Waals surface area (Å²) in [6, 6.07) is 17.5. The highest BCUT2D eigenvalue weighted by Gasteiger charge is 2.19. The summed E-state index contributed by atoms with van der Waals surface area (Å²) in [4.78, 5) is 30.4. The monoisotopic (exact) mass is 380 g/mol. The van der Waals surface area contributed by atoms with E-state index in [9.17, 15) is 9.59 Å². The molecule has 1 fully saturated rings. The van der Waals surface area contributed by atoms with Crippen molar-refractivity contribution in [2.24, 2.45) is 0 Å². The topological polar surface area (TPSA) is 55.9 Å². The summed E-state index contributed by atoms with van der Waals surface area (Å²) >= 11 is 0. The number of nitrogens with one attached hydrogen (secondary N) is 1. The molecule has 0 bridgehead atoms. The zero-order valence-corrected chi connectivity index (χ0v) is 16.6. The number of hydrogen-bond donors (Lipinski definition) is 1. The third-order valence-corrected chi connectivity index (χ3v) is 4.90. The Morgan fingerprint density at radius 1 is 0.893 bits per heavy atom. The van der Waals surface area contributed by atoms with Crippen LogP contribution in [0.2, 0.25) is 0 Å². The van der Waals surface area contributed by atoms with E-state index < -0.39 is 0 Å². The fourth-order valence-electron chi connectivity index (χ4n) is 3.31. The molecule has 1 aliphatic heterocycles. The molecular weight excluding hydrogens is 352 g/mol. The van der Waals surface area contributed by atoms with Gasteiger partial charge in [-0.3, -0.25) is 19.4 Å². The molecule has 2 aromatic carbocycles. The van der Waals surface area contributed by atoms with Gasteiger partial charge in [-0.05, 0) is 29.8 Å². The van der Waals surface area contributed by atoms with Crippen molar-refractivity contribution >= 4 is 17.5 Å². The molecule has 0 atom stereocenters. The summed E-state index contributed by atoms with van der Waals surface area (Å²) in [6.45, 7) is 5.04. The molecule has 0 spiro atoms. The Kier molecular flexibility index (Phi) is 6.79. The Morgan fingerprint density at radius 2 is 1.50 bits per heavy atom. The van der Waals surface area contributed by atoms with E-state index in [0.717, 1.165) is 32.7 Å². The Morgan fingerprint density at radius 3 is 2.11 bits per heavy atom. The van der Waals surface area contributed by atoms with Crippen LogP contribution in [0.15, 0.2) is 54.6 Å². The van der Waals surface area contributed by atoms with Gasteiger partial charge >= 0.3 is 0 Å². The van der Waals surface area contributed by atoms with Crippen LogP contribution in [0.1, 0.15) is 15.9 Å². The Bertz CT molecular complexity index is 782. The summed E-state index contributed by atoms with van der Waals surface area (Å²) in [5, 5.41) is 2.92. The van der Waals surface area contributed by atoms with Crippen molar-refractivity contribution in [2.45, 2.75) is 6.54 Å². The van der Waals surface area contributed by atoms with Crippen LogP contribution in [0.25, 0.3) is 0 Å². The molecule has 1 N–H and O–H groups in total. The third-order valence-electron chi connectivity index (χ3n) is 4.90. The number of nitrogens with zero attached hydrogens (tertiary/aromatic N) is 3. The average molecular weight is 380 g/mol. The lowest BCUT2D eigenvalue weighted by molar-refractivity contribution is -0.117. The van der Waals surface area contributed by atoms with Gasteiger partial charge < -0.3 is 10.2 Å². The van der Waals surface area contributed by atoms with E-state index in [1.54, 1.807) is 38.4 Å². The number of anilines is 1. The number of benzene rings is 2. The first kappa shape index (κ1) is 20.0. The van der Waals surface area contributed by atoms with E-state index in [0.29, 0.717) is 17.8 Å². The molecule has 2 amide bonds. The van der Waals surface area contributed by atoms with Gasteiger partial charge in [-0.25, -0.2) is 0 Å². The normalized spacial score (nSPS) is 15.2. The molecule has 1 saturated heterocycles. The lowest BCUT2D eigenvalue weighted by Gasteiger charge is -2.34. The average Bonchev–Trinajstić information content (AvgIpc) is 2.70. The van der Waals surface area contributed by atoms with Crippen molar-refractivity contribution in [3.05, 3.63) is 65.7 Å². The van der Waals surface area contributed by atoms with Crippen LogP contribution >= 0.6 is 0 Å². The third kappa shape index (κ3) is 5.65. The second-order valence-electron chi connectivity index (χ2n) is 7.36. The van der Waals surface area contributed by atoms with Crippen LogP contribution in [0.3, 0.4) is 0 Å². The van der Waals surface area contributed by atoms with E-state index >= 15 is 0 Å². The van der Waals surface area contributed by atoms with Crippen molar-refractivity contribution in [1.82, 2.24) is 14.7 Å².